The van der Waals surface area contributed by atoms with Gasteiger partial charge in [-0.15, -0.1) is 0 Å². The monoisotopic (exact) mass is 293 g/mol. The van der Waals surface area contributed by atoms with E-state index in [1.807, 2.05) is 0 Å². The summed E-state index contributed by atoms with van der Waals surface area (Å²) in [5, 5.41) is 0.559. The van der Waals surface area contributed by atoms with Crippen LogP contribution in [0.15, 0.2) is 36.4 Å². The van der Waals surface area contributed by atoms with Crippen LogP contribution in [-0.4, -0.2) is 9.55 Å². The number of hydrogen-bond donors (Lipinski definition) is 1. The average Bonchev–Trinajstić information content (AvgIpc) is 2.70. The largest absolute Gasteiger partial charge is 0.369 e. The number of nitrogen functional groups attached to an aromatic ring is 1. The van der Waals surface area contributed by atoms with Crippen LogP contribution in [0.5, 0.6) is 0 Å². The van der Waals surface area contributed by atoms with Gasteiger partial charge in [0.15, 0.2) is 11.6 Å². The third-order valence-corrected chi connectivity index (χ3v) is 3.30. The van der Waals surface area contributed by atoms with Crippen molar-refractivity contribution in [2.75, 3.05) is 5.73 Å². The zero-order valence-corrected chi connectivity index (χ0v) is 11.0. The number of halogens is 3. The predicted octanol–water partition coefficient (Wildman–Crippen LogP) is 3.60. The molecule has 102 valence electrons. The summed E-state index contributed by atoms with van der Waals surface area (Å²) in [7, 11) is 0. The molecule has 0 fully saturated rings. The zero-order valence-electron chi connectivity index (χ0n) is 10.3. The second-order valence-electron chi connectivity index (χ2n) is 4.44. The molecule has 3 nitrogen and oxygen atoms in total. The number of rotatable bonds is 2. The van der Waals surface area contributed by atoms with Gasteiger partial charge in [-0.3, -0.25) is 0 Å². The normalized spacial score (nSPS) is 11.2. The Kier molecular flexibility index (Phi) is 3.06. The Morgan fingerprint density at radius 1 is 1.10 bits per heavy atom. The van der Waals surface area contributed by atoms with Crippen molar-refractivity contribution in [3.63, 3.8) is 0 Å². The van der Waals surface area contributed by atoms with Gasteiger partial charge in [-0.2, -0.15) is 0 Å². The first-order chi connectivity index (χ1) is 9.54. The first-order valence-electron chi connectivity index (χ1n) is 5.90. The third-order valence-electron chi connectivity index (χ3n) is 3.06. The van der Waals surface area contributed by atoms with Crippen LogP contribution in [0, 0.1) is 11.6 Å². The minimum atomic E-state index is -0.886. The van der Waals surface area contributed by atoms with E-state index in [0.29, 0.717) is 28.6 Å². The lowest BCUT2D eigenvalue weighted by Crippen LogP contribution is -2.05. The average molecular weight is 294 g/mol. The summed E-state index contributed by atoms with van der Waals surface area (Å²) in [4.78, 5) is 4.20. The molecule has 0 atom stereocenters. The van der Waals surface area contributed by atoms with Gasteiger partial charge in [0.2, 0.25) is 5.95 Å². The maximum Gasteiger partial charge on any atom is 0.201 e. The molecule has 6 heteroatoms. The van der Waals surface area contributed by atoms with Crippen molar-refractivity contribution in [1.29, 1.82) is 0 Å². The number of benzene rings is 2. The van der Waals surface area contributed by atoms with Crippen molar-refractivity contribution in [2.45, 2.75) is 6.54 Å². The van der Waals surface area contributed by atoms with E-state index in [0.717, 1.165) is 17.6 Å². The molecule has 0 unspecified atom stereocenters. The van der Waals surface area contributed by atoms with E-state index in [4.69, 9.17) is 17.3 Å². The summed E-state index contributed by atoms with van der Waals surface area (Å²) in [5.74, 6) is -1.46. The molecule has 0 amide bonds. The van der Waals surface area contributed by atoms with Gasteiger partial charge in [-0.1, -0.05) is 17.7 Å². The number of anilines is 1. The minimum absolute atomic E-state index is 0.292. The molecular formula is C14H10ClF2N3. The Bertz CT molecular complexity index is 798. The quantitative estimate of drug-likeness (QED) is 0.784. The van der Waals surface area contributed by atoms with E-state index < -0.39 is 11.6 Å². The molecular weight excluding hydrogens is 284 g/mol. The van der Waals surface area contributed by atoms with Gasteiger partial charge in [0.1, 0.15) is 0 Å². The van der Waals surface area contributed by atoms with Crippen molar-refractivity contribution >= 4 is 28.6 Å². The van der Waals surface area contributed by atoms with Crippen LogP contribution in [-0.2, 0) is 6.54 Å². The Morgan fingerprint density at radius 3 is 2.65 bits per heavy atom. The van der Waals surface area contributed by atoms with Gasteiger partial charge >= 0.3 is 0 Å². The molecule has 3 rings (SSSR count). The molecule has 2 N–H and O–H groups in total. The highest BCUT2D eigenvalue weighted by Crippen LogP contribution is 2.23. The summed E-state index contributed by atoms with van der Waals surface area (Å²) in [6.07, 6.45) is 0. The first kappa shape index (κ1) is 12.9. The van der Waals surface area contributed by atoms with E-state index in [-0.39, 0.29) is 0 Å². The van der Waals surface area contributed by atoms with Crippen LogP contribution in [0.2, 0.25) is 5.02 Å². The summed E-state index contributed by atoms with van der Waals surface area (Å²) in [6.45, 7) is 0.292. The molecule has 3 aromatic rings. The standard InChI is InChI=1S/C14H10ClF2N3/c15-9-2-4-12-13(6-9)20(14(18)19-12)7-8-1-3-10(16)11(17)5-8/h1-6H,7H2,(H2,18,19). The lowest BCUT2D eigenvalue weighted by molar-refractivity contribution is 0.506. The number of imidazole rings is 1. The highest BCUT2D eigenvalue weighted by Gasteiger charge is 2.10. The van der Waals surface area contributed by atoms with Crippen molar-refractivity contribution in [3.8, 4) is 0 Å². The number of aromatic nitrogens is 2. The molecule has 2 aromatic carbocycles. The molecule has 1 heterocycles. The summed E-state index contributed by atoms with van der Waals surface area (Å²) >= 11 is 5.96. The highest BCUT2D eigenvalue weighted by molar-refractivity contribution is 6.31. The Labute approximate surface area is 118 Å². The minimum Gasteiger partial charge on any atom is -0.369 e. The van der Waals surface area contributed by atoms with Gasteiger partial charge in [0.25, 0.3) is 0 Å². The van der Waals surface area contributed by atoms with Crippen LogP contribution in [0.1, 0.15) is 5.56 Å². The highest BCUT2D eigenvalue weighted by atomic mass is 35.5. The van der Waals surface area contributed by atoms with E-state index in [1.54, 1.807) is 22.8 Å². The maximum atomic E-state index is 13.2. The number of hydrogen-bond acceptors (Lipinski definition) is 2. The molecule has 0 saturated heterocycles. The maximum absolute atomic E-state index is 13.2. The lowest BCUT2D eigenvalue weighted by Gasteiger charge is -2.07. The summed E-state index contributed by atoms with van der Waals surface area (Å²) in [6, 6.07) is 8.96. The van der Waals surface area contributed by atoms with E-state index in [2.05, 4.69) is 4.98 Å². The van der Waals surface area contributed by atoms with E-state index in [1.165, 1.54) is 6.07 Å². The second-order valence-corrected chi connectivity index (χ2v) is 4.87. The van der Waals surface area contributed by atoms with Crippen molar-refractivity contribution in [1.82, 2.24) is 9.55 Å². The molecule has 0 spiro atoms. The van der Waals surface area contributed by atoms with Crippen LogP contribution >= 0.6 is 11.6 Å². The molecule has 0 aliphatic carbocycles. The van der Waals surface area contributed by atoms with Gasteiger partial charge in [0.05, 0.1) is 17.6 Å². The van der Waals surface area contributed by atoms with Crippen LogP contribution < -0.4 is 5.73 Å². The molecule has 0 saturated carbocycles. The van der Waals surface area contributed by atoms with Crippen molar-refractivity contribution < 1.29 is 8.78 Å². The number of nitrogens with two attached hydrogens (primary N) is 1. The Morgan fingerprint density at radius 2 is 1.90 bits per heavy atom. The first-order valence-corrected chi connectivity index (χ1v) is 6.27. The molecule has 1 aromatic heterocycles. The third kappa shape index (κ3) is 2.20. The van der Waals surface area contributed by atoms with Crippen LogP contribution in [0.3, 0.4) is 0 Å². The van der Waals surface area contributed by atoms with Crippen LogP contribution in [0.25, 0.3) is 11.0 Å². The van der Waals surface area contributed by atoms with Crippen LogP contribution in [0.4, 0.5) is 14.7 Å². The summed E-state index contributed by atoms with van der Waals surface area (Å²) in [5.41, 5.74) is 7.91. The Hall–Kier alpha value is -2.14. The predicted molar refractivity (Wildman–Crippen MR) is 74.6 cm³/mol. The van der Waals surface area contributed by atoms with Gasteiger partial charge in [-0.25, -0.2) is 13.8 Å². The van der Waals surface area contributed by atoms with Crippen molar-refractivity contribution in [3.05, 3.63) is 58.6 Å². The second kappa shape index (κ2) is 4.76. The fourth-order valence-corrected chi connectivity index (χ4v) is 2.27. The fraction of sp³-hybridized carbons (Fsp3) is 0.0714. The van der Waals surface area contributed by atoms with Gasteiger partial charge in [-0.05, 0) is 35.9 Å². The number of nitrogens with zero attached hydrogens (tertiary/aromatic N) is 2. The SMILES string of the molecule is Nc1nc2ccc(Cl)cc2n1Cc1ccc(F)c(F)c1. The topological polar surface area (TPSA) is 43.8 Å². The molecule has 0 aliphatic rings. The molecule has 20 heavy (non-hydrogen) atoms. The van der Waals surface area contributed by atoms with E-state index >= 15 is 0 Å². The Balaban J connectivity index is 2.07. The molecule has 0 aliphatic heterocycles. The van der Waals surface area contributed by atoms with Gasteiger partial charge in [0, 0.05) is 5.02 Å². The molecule has 0 radical (unpaired) electrons. The number of fused-ring (bicyclic) bond motifs is 1. The fourth-order valence-electron chi connectivity index (χ4n) is 2.10. The smallest absolute Gasteiger partial charge is 0.201 e. The van der Waals surface area contributed by atoms with Gasteiger partial charge < -0.3 is 10.3 Å². The zero-order chi connectivity index (χ0) is 14.3. The summed E-state index contributed by atoms with van der Waals surface area (Å²) < 4.78 is 27.9. The lowest BCUT2D eigenvalue weighted by atomic mass is 10.2. The van der Waals surface area contributed by atoms with Crippen molar-refractivity contribution in [2.24, 2.45) is 0 Å². The van der Waals surface area contributed by atoms with E-state index in [9.17, 15) is 8.78 Å². The molecule has 0 bridgehead atoms.